The minimum absolute atomic E-state index is 0.352. The second kappa shape index (κ2) is 4.45. The van der Waals surface area contributed by atoms with Gasteiger partial charge in [-0.25, -0.2) is 9.59 Å². The minimum Gasteiger partial charge on any atom is -0.480 e. The highest BCUT2D eigenvalue weighted by Gasteiger charge is 2.41. The first-order chi connectivity index (χ1) is 8.11. The Kier molecular flexibility index (Phi) is 2.99. The van der Waals surface area contributed by atoms with E-state index in [2.05, 4.69) is 0 Å². The summed E-state index contributed by atoms with van der Waals surface area (Å²) < 4.78 is 0. The molecule has 0 aliphatic carbocycles. The van der Waals surface area contributed by atoms with Crippen molar-refractivity contribution in [1.82, 2.24) is 4.90 Å². The van der Waals surface area contributed by atoms with Crippen LogP contribution in [0.1, 0.15) is 24.4 Å². The molecule has 2 atom stereocenters. The van der Waals surface area contributed by atoms with Crippen LogP contribution in [0.3, 0.4) is 0 Å². The number of likely N-dealkylation sites (tertiary alicyclic amines) is 1. The van der Waals surface area contributed by atoms with E-state index in [9.17, 15) is 9.59 Å². The van der Waals surface area contributed by atoms with Crippen molar-refractivity contribution in [3.05, 3.63) is 35.9 Å². The number of amides is 1. The molecular weight excluding hydrogens is 222 g/mol. The maximum absolute atomic E-state index is 11.2. The topological polar surface area (TPSA) is 77.8 Å². The van der Waals surface area contributed by atoms with Gasteiger partial charge in [-0.2, -0.15) is 0 Å². The van der Waals surface area contributed by atoms with Crippen LogP contribution in [0.15, 0.2) is 30.3 Å². The Morgan fingerprint density at radius 2 is 1.76 bits per heavy atom. The summed E-state index contributed by atoms with van der Waals surface area (Å²) in [6, 6.07) is 7.85. The van der Waals surface area contributed by atoms with Crippen LogP contribution in [-0.4, -0.2) is 33.2 Å². The zero-order valence-corrected chi connectivity index (χ0v) is 9.11. The average Bonchev–Trinajstić information content (AvgIpc) is 2.74. The van der Waals surface area contributed by atoms with E-state index in [0.29, 0.717) is 12.8 Å². The smallest absolute Gasteiger partial charge is 0.408 e. The number of aliphatic carboxylic acids is 1. The predicted octanol–water partition coefficient (Wildman–Crippen LogP) is 1.95. The van der Waals surface area contributed by atoms with Gasteiger partial charge in [0.1, 0.15) is 6.04 Å². The summed E-state index contributed by atoms with van der Waals surface area (Å²) in [6.45, 7) is 0. The minimum atomic E-state index is -1.18. The van der Waals surface area contributed by atoms with E-state index in [1.807, 2.05) is 30.3 Å². The molecule has 0 spiro atoms. The van der Waals surface area contributed by atoms with Crippen LogP contribution in [0, 0.1) is 0 Å². The number of carboxylic acid groups (broad SMARTS) is 2. The standard InChI is InChI=1S/C12H13NO4/c14-11(15)10-7-6-9(13(10)12(16)17)8-4-2-1-3-5-8/h1-5,9-10H,6-7H2,(H,14,15)(H,16,17)/t9-,10+/m0/s1. The Hall–Kier alpha value is -2.04. The average molecular weight is 235 g/mol. The highest BCUT2D eigenvalue weighted by atomic mass is 16.4. The lowest BCUT2D eigenvalue weighted by atomic mass is 10.1. The molecule has 17 heavy (non-hydrogen) atoms. The van der Waals surface area contributed by atoms with Crippen molar-refractivity contribution in [3.63, 3.8) is 0 Å². The molecule has 90 valence electrons. The molecule has 0 unspecified atom stereocenters. The van der Waals surface area contributed by atoms with Crippen LogP contribution >= 0.6 is 0 Å². The number of carboxylic acids is 1. The predicted molar refractivity (Wildman–Crippen MR) is 59.7 cm³/mol. The second-order valence-electron chi connectivity index (χ2n) is 4.05. The highest BCUT2D eigenvalue weighted by molar-refractivity contribution is 5.80. The highest BCUT2D eigenvalue weighted by Crippen LogP contribution is 2.36. The maximum atomic E-state index is 11.2. The summed E-state index contributed by atoms with van der Waals surface area (Å²) >= 11 is 0. The first kappa shape index (κ1) is 11.4. The summed E-state index contributed by atoms with van der Waals surface area (Å²) in [6.07, 6.45) is -0.266. The summed E-state index contributed by atoms with van der Waals surface area (Å²) in [5, 5.41) is 18.1. The Balaban J connectivity index is 2.30. The number of hydrogen-bond acceptors (Lipinski definition) is 2. The molecule has 5 heteroatoms. The van der Waals surface area contributed by atoms with Gasteiger partial charge >= 0.3 is 12.1 Å². The summed E-state index contributed by atoms with van der Waals surface area (Å²) in [5.74, 6) is -1.08. The normalized spacial score (nSPS) is 23.6. The zero-order valence-electron chi connectivity index (χ0n) is 9.11. The molecule has 1 aliphatic heterocycles. The number of hydrogen-bond donors (Lipinski definition) is 2. The molecule has 1 amide bonds. The number of carbonyl (C=O) groups is 2. The molecule has 1 aromatic rings. The van der Waals surface area contributed by atoms with E-state index < -0.39 is 18.1 Å². The van der Waals surface area contributed by atoms with Crippen molar-refractivity contribution in [3.8, 4) is 0 Å². The van der Waals surface area contributed by atoms with Gasteiger partial charge in [0.15, 0.2) is 0 Å². The first-order valence-corrected chi connectivity index (χ1v) is 5.40. The van der Waals surface area contributed by atoms with Crippen LogP contribution in [0.4, 0.5) is 4.79 Å². The molecule has 2 rings (SSSR count). The Morgan fingerprint density at radius 3 is 2.29 bits per heavy atom. The number of nitrogens with zero attached hydrogens (tertiary/aromatic N) is 1. The molecule has 1 heterocycles. The lowest BCUT2D eigenvalue weighted by molar-refractivity contribution is -0.142. The molecule has 1 saturated heterocycles. The molecule has 1 fully saturated rings. The fourth-order valence-corrected chi connectivity index (χ4v) is 2.32. The maximum Gasteiger partial charge on any atom is 0.408 e. The van der Waals surface area contributed by atoms with E-state index in [-0.39, 0.29) is 6.04 Å². The molecule has 0 aromatic heterocycles. The second-order valence-corrected chi connectivity index (χ2v) is 4.05. The van der Waals surface area contributed by atoms with Crippen LogP contribution in [0.5, 0.6) is 0 Å². The van der Waals surface area contributed by atoms with Gasteiger partial charge in [-0.05, 0) is 18.4 Å². The SMILES string of the molecule is O=C(O)[C@H]1CC[C@@H](c2ccccc2)N1C(=O)O. The quantitative estimate of drug-likeness (QED) is 0.821. The van der Waals surface area contributed by atoms with Crippen molar-refractivity contribution < 1.29 is 19.8 Å². The van der Waals surface area contributed by atoms with Crippen LogP contribution in [0.25, 0.3) is 0 Å². The van der Waals surface area contributed by atoms with Crippen LogP contribution in [-0.2, 0) is 4.79 Å². The Labute approximate surface area is 98.3 Å². The molecule has 5 nitrogen and oxygen atoms in total. The molecular formula is C12H13NO4. The van der Waals surface area contributed by atoms with E-state index >= 15 is 0 Å². The van der Waals surface area contributed by atoms with Gasteiger partial charge in [-0.1, -0.05) is 30.3 Å². The van der Waals surface area contributed by atoms with Gasteiger partial charge in [0.2, 0.25) is 0 Å². The van der Waals surface area contributed by atoms with Crippen molar-refractivity contribution in [2.75, 3.05) is 0 Å². The van der Waals surface area contributed by atoms with Gasteiger partial charge in [-0.3, -0.25) is 4.90 Å². The van der Waals surface area contributed by atoms with Gasteiger partial charge in [-0.15, -0.1) is 0 Å². The van der Waals surface area contributed by atoms with E-state index in [4.69, 9.17) is 10.2 Å². The van der Waals surface area contributed by atoms with Crippen LogP contribution < -0.4 is 0 Å². The lowest BCUT2D eigenvalue weighted by Crippen LogP contribution is -2.40. The summed E-state index contributed by atoms with van der Waals surface area (Å²) in [4.78, 5) is 23.2. The third-order valence-corrected chi connectivity index (χ3v) is 3.08. The van der Waals surface area contributed by atoms with E-state index in [1.165, 1.54) is 0 Å². The first-order valence-electron chi connectivity index (χ1n) is 5.40. The van der Waals surface area contributed by atoms with Crippen molar-refractivity contribution >= 4 is 12.1 Å². The van der Waals surface area contributed by atoms with Gasteiger partial charge in [0.05, 0.1) is 6.04 Å². The van der Waals surface area contributed by atoms with Gasteiger partial charge in [0.25, 0.3) is 0 Å². The molecule has 1 aliphatic rings. The summed E-state index contributed by atoms with van der Waals surface area (Å²) in [5.41, 5.74) is 0.846. The molecule has 2 N–H and O–H groups in total. The zero-order chi connectivity index (χ0) is 12.4. The third-order valence-electron chi connectivity index (χ3n) is 3.08. The van der Waals surface area contributed by atoms with Crippen molar-refractivity contribution in [2.45, 2.75) is 24.9 Å². The molecule has 0 saturated carbocycles. The van der Waals surface area contributed by atoms with E-state index in [0.717, 1.165) is 10.5 Å². The largest absolute Gasteiger partial charge is 0.480 e. The van der Waals surface area contributed by atoms with Gasteiger partial charge < -0.3 is 10.2 Å². The molecule has 1 aromatic carbocycles. The lowest BCUT2D eigenvalue weighted by Gasteiger charge is -2.25. The Morgan fingerprint density at radius 1 is 1.12 bits per heavy atom. The van der Waals surface area contributed by atoms with E-state index in [1.54, 1.807) is 0 Å². The van der Waals surface area contributed by atoms with Crippen molar-refractivity contribution in [1.29, 1.82) is 0 Å². The van der Waals surface area contributed by atoms with Crippen molar-refractivity contribution in [2.24, 2.45) is 0 Å². The van der Waals surface area contributed by atoms with Gasteiger partial charge in [0, 0.05) is 0 Å². The fraction of sp³-hybridized carbons (Fsp3) is 0.333. The monoisotopic (exact) mass is 235 g/mol. The Bertz CT molecular complexity index is 431. The third kappa shape index (κ3) is 2.08. The fourth-order valence-electron chi connectivity index (χ4n) is 2.32. The molecule has 0 bridgehead atoms. The number of benzene rings is 1. The molecule has 0 radical (unpaired) electrons. The summed E-state index contributed by atoms with van der Waals surface area (Å²) in [7, 11) is 0. The number of rotatable bonds is 2. The van der Waals surface area contributed by atoms with Crippen LogP contribution in [0.2, 0.25) is 0 Å².